The standard InChI is InChI=1S/C61H38N6O/c1-5-18-40(19-6-1)55-62-56(41-20-7-2-8-21-41)65-59(64-55)44-34-32-39(33-35-44)46-26-17-29-51-54(46)47-38-45(60-66-57(42-22-9-3-10-23-42)63-58(67-60)43-24-11-4-12-25-43)36-37-48(47)61(51)49-27-13-15-30-52(49)68-53-31-16-14-28-50(53)61/h1-38H. The molecule has 11 aromatic rings. The van der Waals surface area contributed by atoms with Gasteiger partial charge in [-0.15, -0.1) is 0 Å². The van der Waals surface area contributed by atoms with Crippen molar-refractivity contribution in [2.75, 3.05) is 0 Å². The highest BCUT2D eigenvalue weighted by atomic mass is 16.5. The zero-order valence-corrected chi connectivity index (χ0v) is 36.5. The van der Waals surface area contributed by atoms with Gasteiger partial charge in [0, 0.05) is 44.5 Å². The molecule has 318 valence electrons. The van der Waals surface area contributed by atoms with E-state index in [1.165, 1.54) is 5.56 Å². The second kappa shape index (κ2) is 16.0. The molecule has 0 bridgehead atoms. The van der Waals surface area contributed by atoms with E-state index >= 15 is 0 Å². The molecular formula is C61H38N6O. The Labute approximate surface area is 393 Å². The Bertz CT molecular complexity index is 3530. The van der Waals surface area contributed by atoms with Gasteiger partial charge in [-0.1, -0.05) is 212 Å². The largest absolute Gasteiger partial charge is 0.457 e. The first-order valence-electron chi connectivity index (χ1n) is 22.7. The summed E-state index contributed by atoms with van der Waals surface area (Å²) in [6, 6.07) is 79.3. The van der Waals surface area contributed by atoms with E-state index in [9.17, 15) is 0 Å². The summed E-state index contributed by atoms with van der Waals surface area (Å²) in [6.45, 7) is 0. The fourth-order valence-electron chi connectivity index (χ4n) is 10.0. The summed E-state index contributed by atoms with van der Waals surface area (Å²) in [4.78, 5) is 30.3. The summed E-state index contributed by atoms with van der Waals surface area (Å²) in [7, 11) is 0. The van der Waals surface area contributed by atoms with Gasteiger partial charge in [0.05, 0.1) is 5.41 Å². The molecule has 68 heavy (non-hydrogen) atoms. The first kappa shape index (κ1) is 39.2. The average Bonchev–Trinajstić information content (AvgIpc) is 3.71. The molecular weight excluding hydrogens is 833 g/mol. The zero-order valence-electron chi connectivity index (χ0n) is 36.5. The van der Waals surface area contributed by atoms with E-state index in [0.29, 0.717) is 34.9 Å². The van der Waals surface area contributed by atoms with Crippen LogP contribution in [-0.2, 0) is 5.41 Å². The minimum Gasteiger partial charge on any atom is -0.457 e. The van der Waals surface area contributed by atoms with Gasteiger partial charge < -0.3 is 4.74 Å². The van der Waals surface area contributed by atoms with Crippen molar-refractivity contribution in [2.24, 2.45) is 0 Å². The number of nitrogens with zero attached hydrogens (tertiary/aromatic N) is 6. The first-order valence-corrected chi connectivity index (χ1v) is 22.7. The number of fused-ring (bicyclic) bond motifs is 9. The predicted molar refractivity (Wildman–Crippen MR) is 269 cm³/mol. The van der Waals surface area contributed by atoms with Gasteiger partial charge in [-0.25, -0.2) is 29.9 Å². The van der Waals surface area contributed by atoms with Crippen LogP contribution in [0.2, 0.25) is 0 Å². The molecule has 0 amide bonds. The number of ether oxygens (including phenoxy) is 1. The van der Waals surface area contributed by atoms with Crippen molar-refractivity contribution in [2.45, 2.75) is 5.41 Å². The van der Waals surface area contributed by atoms with Crippen molar-refractivity contribution in [3.63, 3.8) is 0 Å². The quantitative estimate of drug-likeness (QED) is 0.158. The van der Waals surface area contributed by atoms with Crippen molar-refractivity contribution in [1.29, 1.82) is 0 Å². The Hall–Kier alpha value is -9.20. The van der Waals surface area contributed by atoms with Gasteiger partial charge >= 0.3 is 0 Å². The molecule has 0 atom stereocenters. The Balaban J connectivity index is 1.01. The lowest BCUT2D eigenvalue weighted by Crippen LogP contribution is -2.32. The van der Waals surface area contributed by atoms with Crippen LogP contribution in [-0.4, -0.2) is 29.9 Å². The van der Waals surface area contributed by atoms with Crippen LogP contribution in [0.25, 0.3) is 90.6 Å². The topological polar surface area (TPSA) is 86.6 Å². The van der Waals surface area contributed by atoms with Crippen molar-refractivity contribution in [3.8, 4) is 102 Å². The van der Waals surface area contributed by atoms with Gasteiger partial charge in [0.25, 0.3) is 0 Å². The summed E-state index contributed by atoms with van der Waals surface area (Å²) in [5.74, 6) is 5.35. The van der Waals surface area contributed by atoms with Crippen molar-refractivity contribution in [1.82, 2.24) is 29.9 Å². The molecule has 7 nitrogen and oxygen atoms in total. The van der Waals surface area contributed by atoms with Crippen molar-refractivity contribution in [3.05, 3.63) is 253 Å². The van der Waals surface area contributed by atoms with E-state index in [0.717, 1.165) is 83.8 Å². The van der Waals surface area contributed by atoms with E-state index in [1.807, 2.05) is 133 Å². The van der Waals surface area contributed by atoms with Crippen LogP contribution < -0.4 is 4.74 Å². The van der Waals surface area contributed by atoms with Crippen LogP contribution in [0.3, 0.4) is 0 Å². The van der Waals surface area contributed by atoms with Crippen molar-refractivity contribution >= 4 is 0 Å². The molecule has 13 rings (SSSR count). The van der Waals surface area contributed by atoms with Gasteiger partial charge in [-0.3, -0.25) is 0 Å². The monoisotopic (exact) mass is 870 g/mol. The third-order valence-electron chi connectivity index (χ3n) is 13.1. The number of benzene rings is 9. The molecule has 0 saturated heterocycles. The van der Waals surface area contributed by atoms with E-state index in [1.54, 1.807) is 0 Å². The summed E-state index contributed by atoms with van der Waals surface area (Å²) in [5, 5.41) is 0. The minimum atomic E-state index is -0.680. The highest BCUT2D eigenvalue weighted by Crippen LogP contribution is 2.63. The van der Waals surface area contributed by atoms with Crippen LogP contribution >= 0.6 is 0 Å². The third kappa shape index (κ3) is 6.43. The van der Waals surface area contributed by atoms with Gasteiger partial charge in [-0.05, 0) is 51.6 Å². The van der Waals surface area contributed by atoms with Crippen LogP contribution in [0.15, 0.2) is 231 Å². The fraction of sp³-hybridized carbons (Fsp3) is 0.0164. The fourth-order valence-corrected chi connectivity index (χ4v) is 10.0. The molecule has 1 aliphatic carbocycles. The molecule has 1 spiro atoms. The smallest absolute Gasteiger partial charge is 0.164 e. The van der Waals surface area contributed by atoms with E-state index in [4.69, 9.17) is 34.6 Å². The number of hydrogen-bond donors (Lipinski definition) is 0. The average molecular weight is 871 g/mol. The lowest BCUT2D eigenvalue weighted by Gasteiger charge is -2.39. The van der Waals surface area contributed by atoms with Crippen LogP contribution in [0.5, 0.6) is 11.5 Å². The highest BCUT2D eigenvalue weighted by molar-refractivity contribution is 5.98. The maximum absolute atomic E-state index is 6.70. The molecule has 7 heteroatoms. The maximum atomic E-state index is 6.70. The van der Waals surface area contributed by atoms with Crippen molar-refractivity contribution < 1.29 is 4.74 Å². The van der Waals surface area contributed by atoms with E-state index < -0.39 is 5.41 Å². The Morgan fingerprint density at radius 1 is 0.250 bits per heavy atom. The van der Waals surface area contributed by atoms with Crippen LogP contribution in [0.1, 0.15) is 22.3 Å². The number of aromatic nitrogens is 6. The second-order valence-electron chi connectivity index (χ2n) is 17.0. The number of hydrogen-bond acceptors (Lipinski definition) is 7. The molecule has 1 aliphatic heterocycles. The summed E-state index contributed by atoms with van der Waals surface area (Å²) >= 11 is 0. The Morgan fingerprint density at radius 3 is 1.06 bits per heavy atom. The lowest BCUT2D eigenvalue weighted by atomic mass is 9.66. The number of rotatable bonds is 7. The molecule has 0 radical (unpaired) electrons. The molecule has 2 aromatic heterocycles. The van der Waals surface area contributed by atoms with Crippen LogP contribution in [0.4, 0.5) is 0 Å². The normalized spacial score (nSPS) is 12.6. The molecule has 0 saturated carbocycles. The molecule has 3 heterocycles. The third-order valence-corrected chi connectivity index (χ3v) is 13.1. The van der Waals surface area contributed by atoms with Crippen LogP contribution in [0, 0.1) is 0 Å². The summed E-state index contributed by atoms with van der Waals surface area (Å²) < 4.78 is 6.70. The lowest BCUT2D eigenvalue weighted by molar-refractivity contribution is 0.436. The minimum absolute atomic E-state index is 0.597. The van der Waals surface area contributed by atoms with Gasteiger partial charge in [0.15, 0.2) is 34.9 Å². The first-order chi connectivity index (χ1) is 33.7. The highest BCUT2D eigenvalue weighted by Gasteiger charge is 2.51. The Morgan fingerprint density at radius 2 is 0.603 bits per heavy atom. The van der Waals surface area contributed by atoms with Gasteiger partial charge in [0.2, 0.25) is 0 Å². The van der Waals surface area contributed by atoms with E-state index in [-0.39, 0.29) is 0 Å². The maximum Gasteiger partial charge on any atom is 0.164 e. The Kier molecular flexibility index (Phi) is 9.25. The zero-order chi connectivity index (χ0) is 45.0. The van der Waals surface area contributed by atoms with E-state index in [2.05, 4.69) is 97.1 Å². The van der Waals surface area contributed by atoms with Gasteiger partial charge in [-0.2, -0.15) is 0 Å². The SMILES string of the molecule is c1ccc(-c2nc(-c3ccccc3)nc(-c3ccc(-c4cccc5c4-c4cc(-c6nc(-c7ccccc7)nc(-c7ccccc7)n6)ccc4C54c5ccccc5Oc5ccccc54)cc3)n2)cc1. The summed E-state index contributed by atoms with van der Waals surface area (Å²) in [6.07, 6.45) is 0. The number of para-hydroxylation sites is 2. The molecule has 0 N–H and O–H groups in total. The molecule has 2 aliphatic rings. The molecule has 0 fully saturated rings. The van der Waals surface area contributed by atoms with Gasteiger partial charge in [0.1, 0.15) is 11.5 Å². The predicted octanol–water partition coefficient (Wildman–Crippen LogP) is 14.2. The molecule has 0 unspecified atom stereocenters. The second-order valence-corrected chi connectivity index (χ2v) is 17.0. The molecule has 9 aromatic carbocycles. The summed E-state index contributed by atoms with van der Waals surface area (Å²) in [5.41, 5.74) is 13.7.